The maximum Gasteiger partial charge on any atom is 0.0384 e. The summed E-state index contributed by atoms with van der Waals surface area (Å²) < 4.78 is 0. The van der Waals surface area contributed by atoms with Crippen molar-refractivity contribution in [1.29, 1.82) is 0 Å². The van der Waals surface area contributed by atoms with Crippen molar-refractivity contribution in [2.24, 2.45) is 0 Å². The molecule has 74 valence electrons. The largest absolute Gasteiger partial charge is 0.356 e. The Morgan fingerprint density at radius 3 is 2.21 bits per heavy atom. The molecule has 0 amide bonds. The molecule has 0 heterocycles. The second-order valence-corrected chi connectivity index (χ2v) is 2.44. The van der Waals surface area contributed by atoms with Gasteiger partial charge < -0.3 is 5.32 Å². The quantitative estimate of drug-likeness (QED) is 0.557. The normalized spacial score (nSPS) is 9.64. The summed E-state index contributed by atoms with van der Waals surface area (Å²) in [6, 6.07) is 10.0. The van der Waals surface area contributed by atoms with Crippen molar-refractivity contribution in [3.63, 3.8) is 0 Å². The Hall–Kier alpha value is -1.76. The number of hydrogen-bond acceptors (Lipinski definition) is 1. The lowest BCUT2D eigenvalue weighted by molar-refractivity contribution is 1.45. The van der Waals surface area contributed by atoms with E-state index in [1.165, 1.54) is 0 Å². The molecule has 1 N–H and O–H groups in total. The molecule has 1 nitrogen and oxygen atoms in total. The fraction of sp³-hybridized carbons (Fsp3) is 0.0769. The molecule has 0 saturated carbocycles. The molecule has 0 spiro atoms. The van der Waals surface area contributed by atoms with Gasteiger partial charge in [-0.2, -0.15) is 0 Å². The van der Waals surface area contributed by atoms with E-state index < -0.39 is 0 Å². The molecule has 0 aromatic heterocycles. The summed E-state index contributed by atoms with van der Waals surface area (Å²) in [6.07, 6.45) is 3.78. The summed E-state index contributed by atoms with van der Waals surface area (Å²) in [5, 5.41) is 3.22. The van der Waals surface area contributed by atoms with Gasteiger partial charge in [0.1, 0.15) is 0 Å². The molecule has 0 saturated heterocycles. The molecule has 1 heteroatoms. The van der Waals surface area contributed by atoms with Crippen LogP contribution in [0.5, 0.6) is 0 Å². The predicted molar refractivity (Wildman–Crippen MR) is 65.3 cm³/mol. The highest BCUT2D eigenvalue weighted by molar-refractivity contribution is 5.49. The maximum atomic E-state index is 3.70. The first-order valence-corrected chi connectivity index (χ1v) is 4.47. The van der Waals surface area contributed by atoms with Crippen LogP contribution in [0.4, 0.5) is 5.69 Å². The molecule has 0 atom stereocenters. The summed E-state index contributed by atoms with van der Waals surface area (Å²) in [7, 11) is 0. The van der Waals surface area contributed by atoms with Gasteiger partial charge >= 0.3 is 0 Å². The highest BCUT2D eigenvalue weighted by Gasteiger charge is 1.89. The topological polar surface area (TPSA) is 12.0 Å². The minimum absolute atomic E-state index is 1.03. The third-order valence-corrected chi connectivity index (χ3v) is 1.59. The van der Waals surface area contributed by atoms with E-state index in [4.69, 9.17) is 0 Å². The van der Waals surface area contributed by atoms with Crippen molar-refractivity contribution in [2.45, 2.75) is 6.92 Å². The number of nitrogens with one attached hydrogen (secondary N) is 1. The Kier molecular flexibility index (Phi) is 6.88. The number of para-hydroxylation sites is 1. The van der Waals surface area contributed by atoms with Crippen molar-refractivity contribution in [2.75, 3.05) is 5.32 Å². The number of allylic oxidation sites excluding steroid dienone is 2. The Labute approximate surface area is 86.5 Å². The van der Waals surface area contributed by atoms with Crippen LogP contribution in [0.15, 0.2) is 67.9 Å². The van der Waals surface area contributed by atoms with Crippen LogP contribution in [-0.2, 0) is 0 Å². The SMILES string of the molecule is C=C.C=C/C(=C\C)Nc1ccccc1. The van der Waals surface area contributed by atoms with Gasteiger partial charge in [0.2, 0.25) is 0 Å². The molecular weight excluding hydrogens is 170 g/mol. The van der Waals surface area contributed by atoms with Crippen LogP contribution < -0.4 is 5.32 Å². The second kappa shape index (κ2) is 7.87. The lowest BCUT2D eigenvalue weighted by atomic mass is 10.3. The summed E-state index contributed by atoms with van der Waals surface area (Å²) in [5.74, 6) is 0. The van der Waals surface area contributed by atoms with Crippen LogP contribution in [0.2, 0.25) is 0 Å². The average molecular weight is 187 g/mol. The van der Waals surface area contributed by atoms with Crippen molar-refractivity contribution in [3.8, 4) is 0 Å². The van der Waals surface area contributed by atoms with Gasteiger partial charge in [0.25, 0.3) is 0 Å². The third-order valence-electron chi connectivity index (χ3n) is 1.59. The highest BCUT2D eigenvalue weighted by atomic mass is 14.9. The first-order chi connectivity index (χ1) is 6.86. The maximum absolute atomic E-state index is 3.70. The summed E-state index contributed by atoms with van der Waals surface area (Å²) >= 11 is 0. The summed E-state index contributed by atoms with van der Waals surface area (Å²) in [5.41, 5.74) is 2.12. The molecule has 1 aromatic rings. The zero-order valence-electron chi connectivity index (χ0n) is 8.66. The third kappa shape index (κ3) is 4.31. The molecule has 0 bridgehead atoms. The zero-order chi connectivity index (χ0) is 10.8. The molecule has 0 aliphatic rings. The van der Waals surface area contributed by atoms with Crippen LogP contribution in [0, 0.1) is 0 Å². The highest BCUT2D eigenvalue weighted by Crippen LogP contribution is 2.08. The van der Waals surface area contributed by atoms with Gasteiger partial charge in [-0.05, 0) is 25.1 Å². The van der Waals surface area contributed by atoms with Crippen molar-refractivity contribution >= 4 is 5.69 Å². The first-order valence-electron chi connectivity index (χ1n) is 4.47. The Bertz CT molecular complexity index is 285. The number of anilines is 1. The van der Waals surface area contributed by atoms with Gasteiger partial charge in [-0.3, -0.25) is 0 Å². The molecule has 0 aliphatic carbocycles. The van der Waals surface area contributed by atoms with E-state index in [1.54, 1.807) is 6.08 Å². The Morgan fingerprint density at radius 2 is 1.79 bits per heavy atom. The monoisotopic (exact) mass is 187 g/mol. The molecule has 14 heavy (non-hydrogen) atoms. The van der Waals surface area contributed by atoms with E-state index in [0.717, 1.165) is 11.4 Å². The lowest BCUT2D eigenvalue weighted by Gasteiger charge is -2.05. The van der Waals surface area contributed by atoms with Crippen LogP contribution >= 0.6 is 0 Å². The van der Waals surface area contributed by atoms with Crippen LogP contribution in [0.3, 0.4) is 0 Å². The average Bonchev–Trinajstić information content (AvgIpc) is 2.30. The zero-order valence-corrected chi connectivity index (χ0v) is 8.66. The lowest BCUT2D eigenvalue weighted by Crippen LogP contribution is -1.94. The number of benzene rings is 1. The first kappa shape index (κ1) is 12.2. The van der Waals surface area contributed by atoms with E-state index >= 15 is 0 Å². The van der Waals surface area contributed by atoms with Crippen molar-refractivity contribution in [3.05, 3.63) is 67.9 Å². The Balaban J connectivity index is 0.000000791. The number of rotatable bonds is 3. The van der Waals surface area contributed by atoms with Gasteiger partial charge in [0.15, 0.2) is 0 Å². The van der Waals surface area contributed by atoms with Gasteiger partial charge in [0, 0.05) is 11.4 Å². The molecule has 0 fully saturated rings. The van der Waals surface area contributed by atoms with E-state index in [9.17, 15) is 0 Å². The predicted octanol–water partition coefficient (Wildman–Crippen LogP) is 3.99. The van der Waals surface area contributed by atoms with E-state index in [2.05, 4.69) is 25.1 Å². The minimum Gasteiger partial charge on any atom is -0.356 e. The van der Waals surface area contributed by atoms with Gasteiger partial charge in [0.05, 0.1) is 0 Å². The van der Waals surface area contributed by atoms with Crippen LogP contribution in [-0.4, -0.2) is 0 Å². The van der Waals surface area contributed by atoms with Crippen LogP contribution in [0.25, 0.3) is 0 Å². The fourth-order valence-electron chi connectivity index (χ4n) is 0.929. The van der Waals surface area contributed by atoms with E-state index in [1.807, 2.05) is 43.3 Å². The van der Waals surface area contributed by atoms with E-state index in [-0.39, 0.29) is 0 Å². The van der Waals surface area contributed by atoms with Gasteiger partial charge in [-0.1, -0.05) is 30.9 Å². The summed E-state index contributed by atoms with van der Waals surface area (Å²) in [6.45, 7) is 11.7. The molecule has 0 aliphatic heterocycles. The Morgan fingerprint density at radius 1 is 1.21 bits per heavy atom. The standard InChI is InChI=1S/C11H13N.C2H4/c1-3-10(4-2)12-11-8-6-5-7-9-11;1-2/h3-9,12H,1H2,2H3;1-2H2/b10-4+;. The molecule has 0 radical (unpaired) electrons. The summed E-state index contributed by atoms with van der Waals surface area (Å²) in [4.78, 5) is 0. The molecule has 1 rings (SSSR count). The smallest absolute Gasteiger partial charge is 0.0384 e. The van der Waals surface area contributed by atoms with Crippen LogP contribution in [0.1, 0.15) is 6.92 Å². The molecule has 1 aromatic carbocycles. The molecule has 0 unspecified atom stereocenters. The van der Waals surface area contributed by atoms with Crippen molar-refractivity contribution in [1.82, 2.24) is 0 Å². The molecular formula is C13H17N. The van der Waals surface area contributed by atoms with E-state index in [0.29, 0.717) is 0 Å². The van der Waals surface area contributed by atoms with Crippen molar-refractivity contribution < 1.29 is 0 Å². The van der Waals surface area contributed by atoms with Gasteiger partial charge in [-0.25, -0.2) is 0 Å². The minimum atomic E-state index is 1.03. The number of hydrogen-bond donors (Lipinski definition) is 1. The second-order valence-electron chi connectivity index (χ2n) is 2.44. The fourth-order valence-corrected chi connectivity index (χ4v) is 0.929. The van der Waals surface area contributed by atoms with Gasteiger partial charge in [-0.15, -0.1) is 13.2 Å².